The van der Waals surface area contributed by atoms with Gasteiger partial charge in [0.15, 0.2) is 0 Å². The van der Waals surface area contributed by atoms with E-state index in [1.54, 1.807) is 19.3 Å². The van der Waals surface area contributed by atoms with Crippen LogP contribution in [0.2, 0.25) is 0 Å². The largest absolute Gasteiger partial charge is 0.354 e. The van der Waals surface area contributed by atoms with Crippen LogP contribution >= 0.6 is 0 Å². The molecule has 0 radical (unpaired) electrons. The van der Waals surface area contributed by atoms with Crippen LogP contribution in [0.25, 0.3) is 11.1 Å². The Balaban J connectivity index is 1.47. The number of rotatable bonds is 6. The third kappa shape index (κ3) is 5.36. The second-order valence-electron chi connectivity index (χ2n) is 8.31. The molecule has 1 aliphatic heterocycles. The topological polar surface area (TPSA) is 58.1 Å². The third-order valence-corrected chi connectivity index (χ3v) is 6.01. The number of nitrogens with one attached hydrogen (secondary N) is 1. The summed E-state index contributed by atoms with van der Waals surface area (Å²) < 4.78 is 0. The first-order valence-electron chi connectivity index (χ1n) is 11.1. The molecule has 0 spiro atoms. The van der Waals surface area contributed by atoms with Crippen LogP contribution in [0.15, 0.2) is 60.8 Å². The van der Waals surface area contributed by atoms with E-state index < -0.39 is 0 Å². The van der Waals surface area contributed by atoms with Gasteiger partial charge in [0.25, 0.3) is 5.91 Å². The van der Waals surface area contributed by atoms with Gasteiger partial charge in [0.05, 0.1) is 0 Å². The molecular formula is C26H30N4O. The Morgan fingerprint density at radius 1 is 1.13 bits per heavy atom. The Kier molecular flexibility index (Phi) is 6.73. The van der Waals surface area contributed by atoms with Gasteiger partial charge in [-0.25, -0.2) is 0 Å². The van der Waals surface area contributed by atoms with Crippen LogP contribution in [0.3, 0.4) is 0 Å². The zero-order valence-electron chi connectivity index (χ0n) is 18.3. The van der Waals surface area contributed by atoms with Crippen molar-refractivity contribution in [3.05, 3.63) is 83.4 Å². The standard InChI is InChI=1S/C26H30N4O/c1-19-15-23(21-10-11-24(28-17-21)26(31)27-2)16-25(29-19)22-9-6-13-30(18-22)14-12-20-7-4-3-5-8-20/h3-5,7-8,10-11,15-17,22H,6,9,12-14,18H2,1-2H3,(H,27,31). The fourth-order valence-corrected chi connectivity index (χ4v) is 4.33. The average Bonchev–Trinajstić information content (AvgIpc) is 2.83. The van der Waals surface area contributed by atoms with Gasteiger partial charge < -0.3 is 10.2 Å². The highest BCUT2D eigenvalue weighted by Gasteiger charge is 2.23. The molecule has 3 aromatic rings. The highest BCUT2D eigenvalue weighted by Crippen LogP contribution is 2.29. The van der Waals surface area contributed by atoms with E-state index in [9.17, 15) is 4.79 Å². The van der Waals surface area contributed by atoms with Crippen LogP contribution in [-0.4, -0.2) is 47.5 Å². The number of carbonyl (C=O) groups excluding carboxylic acids is 1. The number of carbonyl (C=O) groups is 1. The summed E-state index contributed by atoms with van der Waals surface area (Å²) in [7, 11) is 1.61. The quantitative estimate of drug-likeness (QED) is 0.656. The zero-order valence-corrected chi connectivity index (χ0v) is 18.3. The number of amides is 1. The van der Waals surface area contributed by atoms with Gasteiger partial charge in [-0.3, -0.25) is 14.8 Å². The van der Waals surface area contributed by atoms with E-state index in [4.69, 9.17) is 4.98 Å². The van der Waals surface area contributed by atoms with Crippen molar-refractivity contribution in [2.75, 3.05) is 26.7 Å². The summed E-state index contributed by atoms with van der Waals surface area (Å²) in [5, 5.41) is 2.61. The van der Waals surface area contributed by atoms with Gasteiger partial charge in [-0.2, -0.15) is 0 Å². The number of likely N-dealkylation sites (tertiary alicyclic amines) is 1. The van der Waals surface area contributed by atoms with Gasteiger partial charge in [0, 0.05) is 49.2 Å². The highest BCUT2D eigenvalue weighted by atomic mass is 16.1. The summed E-state index contributed by atoms with van der Waals surface area (Å²) in [6, 6.07) is 18.7. The first-order valence-corrected chi connectivity index (χ1v) is 11.1. The molecule has 1 atom stereocenters. The summed E-state index contributed by atoms with van der Waals surface area (Å²) >= 11 is 0. The number of aromatic nitrogens is 2. The summed E-state index contributed by atoms with van der Waals surface area (Å²) in [6.07, 6.45) is 5.23. The number of aryl methyl sites for hydroxylation is 1. The third-order valence-electron chi connectivity index (χ3n) is 6.01. The molecule has 1 fully saturated rings. The fourth-order valence-electron chi connectivity index (χ4n) is 4.33. The molecule has 0 saturated carbocycles. The number of pyridine rings is 2. The molecule has 31 heavy (non-hydrogen) atoms. The number of nitrogens with zero attached hydrogens (tertiary/aromatic N) is 3. The SMILES string of the molecule is CNC(=O)c1ccc(-c2cc(C)nc(C3CCCN(CCc4ccccc4)C3)c2)cn1. The predicted molar refractivity (Wildman–Crippen MR) is 124 cm³/mol. The highest BCUT2D eigenvalue weighted by molar-refractivity contribution is 5.92. The molecule has 160 valence electrons. The van der Waals surface area contributed by atoms with E-state index >= 15 is 0 Å². The van der Waals surface area contributed by atoms with E-state index in [-0.39, 0.29) is 5.91 Å². The number of hydrogen-bond donors (Lipinski definition) is 1. The molecule has 1 aromatic carbocycles. The molecule has 1 N–H and O–H groups in total. The Labute approximate surface area is 184 Å². The predicted octanol–water partition coefficient (Wildman–Crippen LogP) is 4.23. The number of benzene rings is 1. The molecular weight excluding hydrogens is 384 g/mol. The van der Waals surface area contributed by atoms with Crippen molar-refractivity contribution >= 4 is 5.91 Å². The fraction of sp³-hybridized carbons (Fsp3) is 0.346. The van der Waals surface area contributed by atoms with E-state index in [2.05, 4.69) is 64.6 Å². The van der Waals surface area contributed by atoms with Crippen LogP contribution < -0.4 is 5.32 Å². The van der Waals surface area contributed by atoms with Crippen molar-refractivity contribution < 1.29 is 4.79 Å². The van der Waals surface area contributed by atoms with Crippen LogP contribution in [0.5, 0.6) is 0 Å². The van der Waals surface area contributed by atoms with Gasteiger partial charge >= 0.3 is 0 Å². The summed E-state index contributed by atoms with van der Waals surface area (Å²) in [6.45, 7) is 5.35. The minimum atomic E-state index is -0.170. The first-order chi connectivity index (χ1) is 15.1. The maximum absolute atomic E-state index is 11.8. The summed E-state index contributed by atoms with van der Waals surface area (Å²) in [4.78, 5) is 23.5. The molecule has 2 aromatic heterocycles. The van der Waals surface area contributed by atoms with Crippen molar-refractivity contribution in [1.82, 2.24) is 20.2 Å². The Hall–Kier alpha value is -3.05. The minimum Gasteiger partial charge on any atom is -0.354 e. The van der Waals surface area contributed by atoms with E-state index in [0.717, 1.165) is 48.6 Å². The van der Waals surface area contributed by atoms with E-state index in [1.807, 2.05) is 6.07 Å². The monoisotopic (exact) mass is 414 g/mol. The van der Waals surface area contributed by atoms with Crippen molar-refractivity contribution in [2.45, 2.75) is 32.1 Å². The number of hydrogen-bond acceptors (Lipinski definition) is 4. The number of piperidine rings is 1. The summed E-state index contributed by atoms with van der Waals surface area (Å²) in [5.74, 6) is 0.275. The lowest BCUT2D eigenvalue weighted by atomic mass is 9.92. The van der Waals surface area contributed by atoms with Gasteiger partial charge in [-0.05, 0) is 62.1 Å². The molecule has 5 nitrogen and oxygen atoms in total. The molecule has 4 rings (SSSR count). The lowest BCUT2D eigenvalue weighted by molar-refractivity contribution is 0.0958. The smallest absolute Gasteiger partial charge is 0.269 e. The molecule has 1 saturated heterocycles. The average molecular weight is 415 g/mol. The van der Waals surface area contributed by atoms with Gasteiger partial charge in [-0.1, -0.05) is 36.4 Å². The second kappa shape index (κ2) is 9.84. The van der Waals surface area contributed by atoms with E-state index in [1.165, 1.54) is 18.4 Å². The van der Waals surface area contributed by atoms with E-state index in [0.29, 0.717) is 11.6 Å². The van der Waals surface area contributed by atoms with Crippen LogP contribution in [0.4, 0.5) is 0 Å². The van der Waals surface area contributed by atoms with Crippen molar-refractivity contribution in [3.63, 3.8) is 0 Å². The van der Waals surface area contributed by atoms with Gasteiger partial charge in [-0.15, -0.1) is 0 Å². The zero-order chi connectivity index (χ0) is 21.6. The van der Waals surface area contributed by atoms with Crippen molar-refractivity contribution in [1.29, 1.82) is 0 Å². The lowest BCUT2D eigenvalue weighted by Crippen LogP contribution is -2.36. The maximum atomic E-state index is 11.8. The van der Waals surface area contributed by atoms with Crippen LogP contribution in [0, 0.1) is 6.92 Å². The Morgan fingerprint density at radius 3 is 2.71 bits per heavy atom. The molecule has 0 aliphatic carbocycles. The van der Waals surface area contributed by atoms with Crippen molar-refractivity contribution in [3.8, 4) is 11.1 Å². The Bertz CT molecular complexity index is 1020. The molecule has 1 aliphatic rings. The van der Waals surface area contributed by atoms with Gasteiger partial charge in [0.2, 0.25) is 0 Å². The summed E-state index contributed by atoms with van der Waals surface area (Å²) in [5.41, 5.74) is 6.13. The molecule has 1 amide bonds. The Morgan fingerprint density at radius 2 is 1.97 bits per heavy atom. The van der Waals surface area contributed by atoms with Crippen LogP contribution in [-0.2, 0) is 6.42 Å². The second-order valence-corrected chi connectivity index (χ2v) is 8.31. The van der Waals surface area contributed by atoms with Crippen molar-refractivity contribution in [2.24, 2.45) is 0 Å². The van der Waals surface area contributed by atoms with Gasteiger partial charge in [0.1, 0.15) is 5.69 Å². The minimum absolute atomic E-state index is 0.170. The normalized spacial score (nSPS) is 16.8. The van der Waals surface area contributed by atoms with Crippen LogP contribution in [0.1, 0.15) is 46.2 Å². The lowest BCUT2D eigenvalue weighted by Gasteiger charge is -2.32. The molecule has 3 heterocycles. The molecule has 0 bridgehead atoms. The molecule has 1 unspecified atom stereocenters. The first kappa shape index (κ1) is 21.2. The maximum Gasteiger partial charge on any atom is 0.269 e. The molecule has 5 heteroatoms.